The third-order valence-corrected chi connectivity index (χ3v) is 6.54. The molecule has 5 atom stereocenters. The summed E-state index contributed by atoms with van der Waals surface area (Å²) in [5.74, 6) is -0.441. The SMILES string of the molecule is O=C(CCCC=CCC1C(O)CC(O)C1CCC(O)CCc1ccccc1)OCCCO[N+](=O)[O-]. The molecule has 9 nitrogen and oxygen atoms in total. The van der Waals surface area contributed by atoms with E-state index in [2.05, 4.69) is 4.84 Å². The van der Waals surface area contributed by atoms with Gasteiger partial charge in [-0.1, -0.05) is 42.5 Å². The van der Waals surface area contributed by atoms with Crippen LogP contribution in [0.5, 0.6) is 0 Å². The van der Waals surface area contributed by atoms with E-state index in [1.807, 2.05) is 42.5 Å². The van der Waals surface area contributed by atoms with Crippen molar-refractivity contribution in [3.05, 3.63) is 58.2 Å². The molecule has 196 valence electrons. The Morgan fingerprint density at radius 1 is 1.09 bits per heavy atom. The molecular formula is C26H39NO8. The number of ether oxygens (including phenoxy) is 1. The van der Waals surface area contributed by atoms with Crippen molar-refractivity contribution in [2.75, 3.05) is 13.2 Å². The fraction of sp³-hybridized carbons (Fsp3) is 0.654. The number of esters is 1. The van der Waals surface area contributed by atoms with Gasteiger partial charge in [0.15, 0.2) is 0 Å². The van der Waals surface area contributed by atoms with Crippen LogP contribution in [-0.2, 0) is 20.8 Å². The standard InChI is InChI=1S/C26H39NO8/c28-21(14-13-20-9-4-3-5-10-20)15-16-23-22(24(29)19-25(23)30)11-6-1-2-7-12-26(31)34-17-8-18-35-27(32)33/h1,3-6,9-10,21-25,28-30H,2,7-8,11-19H2. The number of aliphatic hydroxyl groups excluding tert-OH is 3. The van der Waals surface area contributed by atoms with Gasteiger partial charge >= 0.3 is 5.97 Å². The predicted molar refractivity (Wildman–Crippen MR) is 130 cm³/mol. The summed E-state index contributed by atoms with van der Waals surface area (Å²) < 4.78 is 4.99. The van der Waals surface area contributed by atoms with Crippen LogP contribution in [0.3, 0.4) is 0 Å². The van der Waals surface area contributed by atoms with Crippen LogP contribution in [0.15, 0.2) is 42.5 Å². The van der Waals surface area contributed by atoms with Crippen molar-refractivity contribution < 1.29 is 34.8 Å². The monoisotopic (exact) mass is 493 g/mol. The van der Waals surface area contributed by atoms with Crippen molar-refractivity contribution in [2.45, 2.75) is 82.5 Å². The van der Waals surface area contributed by atoms with E-state index < -0.39 is 23.4 Å². The van der Waals surface area contributed by atoms with Gasteiger partial charge in [0, 0.05) is 12.8 Å². The van der Waals surface area contributed by atoms with Gasteiger partial charge < -0.3 is 24.9 Å². The van der Waals surface area contributed by atoms with Crippen LogP contribution in [0.4, 0.5) is 0 Å². The number of benzene rings is 1. The Kier molecular flexibility index (Phi) is 13.3. The first-order chi connectivity index (χ1) is 16.9. The molecule has 1 aromatic carbocycles. The number of nitrogens with zero attached hydrogens (tertiary/aromatic N) is 1. The molecular weight excluding hydrogens is 454 g/mol. The van der Waals surface area contributed by atoms with E-state index in [1.165, 1.54) is 5.56 Å². The number of hydrogen-bond donors (Lipinski definition) is 3. The minimum atomic E-state index is -0.877. The number of hydrogen-bond acceptors (Lipinski definition) is 8. The number of aliphatic hydroxyl groups is 3. The lowest BCUT2D eigenvalue weighted by Gasteiger charge is -2.23. The van der Waals surface area contributed by atoms with E-state index in [0.29, 0.717) is 44.9 Å². The topological polar surface area (TPSA) is 139 Å². The summed E-state index contributed by atoms with van der Waals surface area (Å²) in [5.41, 5.74) is 1.20. The highest BCUT2D eigenvalue weighted by Gasteiger charge is 2.40. The van der Waals surface area contributed by atoms with Gasteiger partial charge in [-0.25, -0.2) is 0 Å². The molecule has 1 aliphatic rings. The minimum absolute atomic E-state index is 0.0460. The lowest BCUT2D eigenvalue weighted by Crippen LogP contribution is -2.23. The zero-order valence-corrected chi connectivity index (χ0v) is 20.2. The highest BCUT2D eigenvalue weighted by molar-refractivity contribution is 5.69. The van der Waals surface area contributed by atoms with Gasteiger partial charge in [0.25, 0.3) is 5.09 Å². The van der Waals surface area contributed by atoms with Gasteiger partial charge in [-0.15, -0.1) is 10.1 Å². The summed E-state index contributed by atoms with van der Waals surface area (Å²) in [5, 5.41) is 40.4. The van der Waals surface area contributed by atoms with E-state index in [-0.39, 0.29) is 43.9 Å². The van der Waals surface area contributed by atoms with E-state index in [1.54, 1.807) is 0 Å². The van der Waals surface area contributed by atoms with Crippen molar-refractivity contribution in [1.29, 1.82) is 0 Å². The Morgan fingerprint density at radius 2 is 1.83 bits per heavy atom. The molecule has 2 rings (SSSR count). The number of carbonyl (C=O) groups excluding carboxylic acids is 1. The van der Waals surface area contributed by atoms with Crippen LogP contribution in [0.2, 0.25) is 0 Å². The second kappa shape index (κ2) is 16.2. The molecule has 3 N–H and O–H groups in total. The first-order valence-electron chi connectivity index (χ1n) is 12.5. The van der Waals surface area contributed by atoms with Crippen LogP contribution in [0.25, 0.3) is 0 Å². The second-order valence-corrected chi connectivity index (χ2v) is 9.18. The fourth-order valence-electron chi connectivity index (χ4n) is 4.60. The maximum absolute atomic E-state index is 11.7. The van der Waals surface area contributed by atoms with Crippen molar-refractivity contribution in [2.24, 2.45) is 11.8 Å². The summed E-state index contributed by atoms with van der Waals surface area (Å²) in [7, 11) is 0. The van der Waals surface area contributed by atoms with Crippen molar-refractivity contribution in [1.82, 2.24) is 0 Å². The van der Waals surface area contributed by atoms with Crippen LogP contribution >= 0.6 is 0 Å². The Balaban J connectivity index is 1.62. The van der Waals surface area contributed by atoms with Gasteiger partial charge in [-0.3, -0.25) is 4.79 Å². The summed E-state index contributed by atoms with van der Waals surface area (Å²) in [6, 6.07) is 10.0. The summed E-state index contributed by atoms with van der Waals surface area (Å²) in [4.78, 5) is 25.8. The van der Waals surface area contributed by atoms with Crippen LogP contribution in [0.1, 0.15) is 63.4 Å². The Bertz CT molecular complexity index is 772. The average molecular weight is 494 g/mol. The van der Waals surface area contributed by atoms with Crippen molar-refractivity contribution in [3.8, 4) is 0 Å². The molecule has 1 aromatic rings. The van der Waals surface area contributed by atoms with Gasteiger partial charge in [0.05, 0.1) is 31.5 Å². The average Bonchev–Trinajstić information content (AvgIpc) is 3.10. The molecule has 35 heavy (non-hydrogen) atoms. The number of rotatable bonds is 17. The molecule has 0 aliphatic heterocycles. The third-order valence-electron chi connectivity index (χ3n) is 6.54. The van der Waals surface area contributed by atoms with E-state index >= 15 is 0 Å². The van der Waals surface area contributed by atoms with Crippen LogP contribution < -0.4 is 0 Å². The maximum Gasteiger partial charge on any atom is 0.305 e. The summed E-state index contributed by atoms with van der Waals surface area (Å²) in [6.45, 7) is -0.00881. The largest absolute Gasteiger partial charge is 0.466 e. The first-order valence-corrected chi connectivity index (χ1v) is 12.5. The van der Waals surface area contributed by atoms with Crippen molar-refractivity contribution >= 4 is 5.97 Å². The quantitative estimate of drug-likeness (QED) is 0.0987. The number of carbonyl (C=O) groups is 1. The van der Waals surface area contributed by atoms with Crippen molar-refractivity contribution in [3.63, 3.8) is 0 Å². The highest BCUT2D eigenvalue weighted by Crippen LogP contribution is 2.38. The normalized spacial score (nSPS) is 22.8. The van der Waals surface area contributed by atoms with Crippen LogP contribution in [-0.4, -0.2) is 57.9 Å². The maximum atomic E-state index is 11.7. The lowest BCUT2D eigenvalue weighted by atomic mass is 9.85. The summed E-state index contributed by atoms with van der Waals surface area (Å²) >= 11 is 0. The molecule has 5 unspecified atom stereocenters. The van der Waals surface area contributed by atoms with Gasteiger partial charge in [0.1, 0.15) is 0 Å². The molecule has 0 bridgehead atoms. The van der Waals surface area contributed by atoms with Gasteiger partial charge in [0.2, 0.25) is 0 Å². The zero-order chi connectivity index (χ0) is 25.5. The number of unbranched alkanes of at least 4 members (excludes halogenated alkanes) is 1. The number of aryl methyl sites for hydroxylation is 1. The predicted octanol–water partition coefficient (Wildman–Crippen LogP) is 3.38. The second-order valence-electron chi connectivity index (χ2n) is 9.18. The molecule has 1 fully saturated rings. The van der Waals surface area contributed by atoms with Gasteiger partial charge in [-0.2, -0.15) is 0 Å². The molecule has 0 radical (unpaired) electrons. The Labute approximate surface area is 206 Å². The molecule has 0 aromatic heterocycles. The fourth-order valence-corrected chi connectivity index (χ4v) is 4.60. The molecule has 0 spiro atoms. The highest BCUT2D eigenvalue weighted by atomic mass is 16.9. The molecule has 0 saturated heterocycles. The Hall–Kier alpha value is -2.49. The minimum Gasteiger partial charge on any atom is -0.466 e. The first kappa shape index (κ1) is 28.7. The third kappa shape index (κ3) is 11.7. The zero-order valence-electron chi connectivity index (χ0n) is 20.2. The molecule has 0 amide bonds. The molecule has 1 aliphatic carbocycles. The van der Waals surface area contributed by atoms with Gasteiger partial charge in [-0.05, 0) is 68.8 Å². The molecule has 9 heteroatoms. The smallest absolute Gasteiger partial charge is 0.305 e. The molecule has 0 heterocycles. The summed E-state index contributed by atoms with van der Waals surface area (Å²) in [6.07, 6.45) is 8.01. The Morgan fingerprint density at radius 3 is 2.57 bits per heavy atom. The number of allylic oxidation sites excluding steroid dienone is 2. The van der Waals surface area contributed by atoms with E-state index in [4.69, 9.17) is 4.74 Å². The van der Waals surface area contributed by atoms with E-state index in [0.717, 1.165) is 6.42 Å². The lowest BCUT2D eigenvalue weighted by molar-refractivity contribution is -0.757. The molecule has 1 saturated carbocycles. The van der Waals surface area contributed by atoms with Crippen LogP contribution in [0, 0.1) is 22.0 Å². The van der Waals surface area contributed by atoms with E-state index in [9.17, 15) is 30.2 Å².